The zero-order valence-corrected chi connectivity index (χ0v) is 11.6. The molecule has 0 N–H and O–H groups in total. The summed E-state index contributed by atoms with van der Waals surface area (Å²) in [5.41, 5.74) is 1.00. The Morgan fingerprint density at radius 1 is 1.25 bits per heavy atom. The van der Waals surface area contributed by atoms with Crippen LogP contribution in [0.3, 0.4) is 0 Å². The maximum absolute atomic E-state index is 5.79. The molecular formula is C14H21ClO. The number of ether oxygens (including phenoxy) is 1. The Bertz CT molecular complexity index is 333. The van der Waals surface area contributed by atoms with E-state index in [1.54, 1.807) is 0 Å². The second kappa shape index (κ2) is 6.59. The summed E-state index contributed by atoms with van der Waals surface area (Å²) < 4.78 is 5.60. The van der Waals surface area contributed by atoms with Crippen LogP contribution < -0.4 is 4.74 Å². The second-order valence-corrected chi connectivity index (χ2v) is 5.32. The molecule has 0 amide bonds. The van der Waals surface area contributed by atoms with Crippen molar-refractivity contribution in [2.75, 3.05) is 0 Å². The van der Waals surface area contributed by atoms with Crippen LogP contribution in [0.15, 0.2) is 36.4 Å². The fourth-order valence-corrected chi connectivity index (χ4v) is 1.06. The van der Waals surface area contributed by atoms with E-state index in [4.69, 9.17) is 16.3 Å². The van der Waals surface area contributed by atoms with Crippen molar-refractivity contribution >= 4 is 11.6 Å². The smallest absolute Gasteiger partial charge is 0.121 e. The van der Waals surface area contributed by atoms with Gasteiger partial charge in [-0.15, -0.1) is 6.58 Å². The Balaban J connectivity index is 0.000000487. The van der Waals surface area contributed by atoms with E-state index in [0.29, 0.717) is 5.02 Å². The summed E-state index contributed by atoms with van der Waals surface area (Å²) in [5, 5.41) is 0.705. The highest BCUT2D eigenvalue weighted by Crippen LogP contribution is 2.21. The van der Waals surface area contributed by atoms with E-state index in [1.165, 1.54) is 5.57 Å². The van der Waals surface area contributed by atoms with Gasteiger partial charge in [0.15, 0.2) is 0 Å². The van der Waals surface area contributed by atoms with Crippen LogP contribution in [0.2, 0.25) is 5.02 Å². The van der Waals surface area contributed by atoms with Gasteiger partial charge >= 0.3 is 0 Å². The Kier molecular flexibility index (Phi) is 6.20. The molecule has 0 aliphatic carbocycles. The first-order chi connectivity index (χ1) is 7.20. The summed E-state index contributed by atoms with van der Waals surface area (Å²) in [6, 6.07) is 7.42. The van der Waals surface area contributed by atoms with E-state index < -0.39 is 0 Å². The van der Waals surface area contributed by atoms with Gasteiger partial charge in [-0.3, -0.25) is 0 Å². The molecule has 90 valence electrons. The molecule has 0 saturated carbocycles. The van der Waals surface area contributed by atoms with E-state index in [9.17, 15) is 0 Å². The van der Waals surface area contributed by atoms with Crippen LogP contribution in [-0.4, -0.2) is 5.60 Å². The number of benzene rings is 1. The summed E-state index contributed by atoms with van der Waals surface area (Å²) in [6.07, 6.45) is 0. The quantitative estimate of drug-likeness (QED) is 0.621. The van der Waals surface area contributed by atoms with Crippen molar-refractivity contribution in [1.29, 1.82) is 0 Å². The molecule has 2 heteroatoms. The van der Waals surface area contributed by atoms with E-state index in [0.717, 1.165) is 5.75 Å². The van der Waals surface area contributed by atoms with Crippen molar-refractivity contribution in [3.05, 3.63) is 41.4 Å². The highest BCUT2D eigenvalue weighted by Gasteiger charge is 2.11. The lowest BCUT2D eigenvalue weighted by Crippen LogP contribution is -2.22. The molecule has 0 saturated heterocycles. The molecule has 0 unspecified atom stereocenters. The lowest BCUT2D eigenvalue weighted by atomic mass is 10.2. The third-order valence-electron chi connectivity index (χ3n) is 1.22. The Morgan fingerprint density at radius 3 is 2.12 bits per heavy atom. The van der Waals surface area contributed by atoms with Crippen LogP contribution in [0.5, 0.6) is 5.75 Å². The minimum Gasteiger partial charge on any atom is -0.488 e. The Morgan fingerprint density at radius 2 is 1.75 bits per heavy atom. The molecule has 1 aromatic carbocycles. The molecule has 0 radical (unpaired) electrons. The van der Waals surface area contributed by atoms with Crippen LogP contribution in [-0.2, 0) is 0 Å². The number of hydrogen-bond acceptors (Lipinski definition) is 1. The average molecular weight is 241 g/mol. The maximum Gasteiger partial charge on any atom is 0.121 e. The molecule has 0 aliphatic rings. The van der Waals surface area contributed by atoms with Gasteiger partial charge in [0.25, 0.3) is 0 Å². The average Bonchev–Trinajstić information content (AvgIpc) is 1.98. The number of hydrogen-bond donors (Lipinski definition) is 0. The standard InChI is InChI=1S/C10H13ClO.C4H8/c1-10(2,3)12-9-6-4-5-8(11)7-9;1-4(2)3/h4-7H,1-3H3;1H2,2-3H3. The Hall–Kier alpha value is -0.950. The van der Waals surface area contributed by atoms with Gasteiger partial charge in [0.1, 0.15) is 11.4 Å². The van der Waals surface area contributed by atoms with Gasteiger partial charge in [-0.1, -0.05) is 23.2 Å². The van der Waals surface area contributed by atoms with Gasteiger partial charge in [0.2, 0.25) is 0 Å². The van der Waals surface area contributed by atoms with Crippen molar-refractivity contribution in [3.63, 3.8) is 0 Å². The molecule has 0 aromatic heterocycles. The lowest BCUT2D eigenvalue weighted by Gasteiger charge is -2.21. The van der Waals surface area contributed by atoms with Gasteiger partial charge in [0, 0.05) is 5.02 Å². The highest BCUT2D eigenvalue weighted by atomic mass is 35.5. The van der Waals surface area contributed by atoms with Crippen LogP contribution in [0, 0.1) is 0 Å². The summed E-state index contributed by atoms with van der Waals surface area (Å²) in [7, 11) is 0. The molecule has 1 aromatic rings. The molecule has 0 aliphatic heterocycles. The van der Waals surface area contributed by atoms with Gasteiger partial charge < -0.3 is 4.74 Å². The largest absolute Gasteiger partial charge is 0.488 e. The van der Waals surface area contributed by atoms with Crippen molar-refractivity contribution in [3.8, 4) is 5.75 Å². The fourth-order valence-electron chi connectivity index (χ4n) is 0.884. The van der Waals surface area contributed by atoms with Crippen LogP contribution in [0.1, 0.15) is 34.6 Å². The van der Waals surface area contributed by atoms with Crippen molar-refractivity contribution < 1.29 is 4.74 Å². The van der Waals surface area contributed by atoms with E-state index in [2.05, 4.69) is 6.58 Å². The molecule has 0 heterocycles. The van der Waals surface area contributed by atoms with E-state index in [-0.39, 0.29) is 5.60 Å². The zero-order chi connectivity index (χ0) is 12.8. The van der Waals surface area contributed by atoms with Crippen LogP contribution in [0.4, 0.5) is 0 Å². The summed E-state index contributed by atoms with van der Waals surface area (Å²) >= 11 is 5.79. The van der Waals surface area contributed by atoms with Crippen LogP contribution in [0.25, 0.3) is 0 Å². The number of halogens is 1. The summed E-state index contributed by atoms with van der Waals surface area (Å²) in [4.78, 5) is 0. The Labute approximate surface area is 104 Å². The number of allylic oxidation sites excluding steroid dienone is 1. The maximum atomic E-state index is 5.79. The number of rotatable bonds is 1. The first-order valence-electron chi connectivity index (χ1n) is 5.27. The predicted molar refractivity (Wildman–Crippen MR) is 72.3 cm³/mol. The SMILES string of the molecule is C=C(C)C.CC(C)(C)Oc1cccc(Cl)c1. The molecular weight excluding hydrogens is 220 g/mol. The first-order valence-corrected chi connectivity index (χ1v) is 5.65. The molecule has 0 bridgehead atoms. The third-order valence-corrected chi connectivity index (χ3v) is 1.46. The molecule has 0 fully saturated rings. The second-order valence-electron chi connectivity index (χ2n) is 4.88. The minimum atomic E-state index is -0.162. The lowest BCUT2D eigenvalue weighted by molar-refractivity contribution is 0.131. The van der Waals surface area contributed by atoms with Crippen LogP contribution >= 0.6 is 11.6 Å². The monoisotopic (exact) mass is 240 g/mol. The topological polar surface area (TPSA) is 9.23 Å². The van der Waals surface area contributed by atoms with Crippen molar-refractivity contribution in [1.82, 2.24) is 0 Å². The molecule has 1 nitrogen and oxygen atoms in total. The third kappa shape index (κ3) is 9.60. The molecule has 0 atom stereocenters. The van der Waals surface area contributed by atoms with Gasteiger partial charge in [0.05, 0.1) is 0 Å². The summed E-state index contributed by atoms with van der Waals surface area (Å²) in [5.74, 6) is 0.815. The van der Waals surface area contributed by atoms with Gasteiger partial charge in [-0.2, -0.15) is 0 Å². The van der Waals surface area contributed by atoms with Crippen molar-refractivity contribution in [2.24, 2.45) is 0 Å². The molecule has 16 heavy (non-hydrogen) atoms. The zero-order valence-electron chi connectivity index (χ0n) is 10.8. The fraction of sp³-hybridized carbons (Fsp3) is 0.429. The van der Waals surface area contributed by atoms with Crippen molar-refractivity contribution in [2.45, 2.75) is 40.2 Å². The highest BCUT2D eigenvalue weighted by molar-refractivity contribution is 6.30. The predicted octanol–water partition coefficient (Wildman–Crippen LogP) is 5.10. The first kappa shape index (κ1) is 15.0. The normalized spacial score (nSPS) is 10.1. The summed E-state index contributed by atoms with van der Waals surface area (Å²) in [6.45, 7) is 13.5. The van der Waals surface area contributed by atoms with Gasteiger partial charge in [-0.05, 0) is 52.8 Å². The minimum absolute atomic E-state index is 0.162. The molecule has 0 spiro atoms. The van der Waals surface area contributed by atoms with Gasteiger partial charge in [-0.25, -0.2) is 0 Å². The molecule has 1 rings (SSSR count). The van der Waals surface area contributed by atoms with E-state index >= 15 is 0 Å². The van der Waals surface area contributed by atoms with E-state index in [1.807, 2.05) is 58.9 Å².